The van der Waals surface area contributed by atoms with Crippen LogP contribution >= 0.6 is 0 Å². The van der Waals surface area contributed by atoms with Gasteiger partial charge < -0.3 is 5.73 Å². The molecule has 120 valence electrons. The molecule has 1 aliphatic heterocycles. The minimum absolute atomic E-state index is 0.636. The Labute approximate surface area is 127 Å². The van der Waals surface area contributed by atoms with Gasteiger partial charge in [-0.05, 0) is 37.8 Å². The van der Waals surface area contributed by atoms with Crippen molar-refractivity contribution in [3.63, 3.8) is 0 Å². The van der Waals surface area contributed by atoms with E-state index in [1.807, 2.05) is 0 Å². The van der Waals surface area contributed by atoms with Gasteiger partial charge in [0.25, 0.3) is 0 Å². The maximum atomic E-state index is 6.04. The molecule has 0 aliphatic carbocycles. The highest BCUT2D eigenvalue weighted by Gasteiger charge is 2.33. The van der Waals surface area contributed by atoms with Crippen molar-refractivity contribution in [1.82, 2.24) is 4.90 Å². The Bertz CT molecular complexity index is 226. The molecule has 20 heavy (non-hydrogen) atoms. The number of rotatable bonds is 10. The standard InChI is InChI=1S/C18H38N2/c1-4-7-8-9-10-11-17(16-19)20-14-12-18(5-2,6-3)13-15-20/h17H,4-16,19H2,1-3H3. The first-order valence-electron chi connectivity index (χ1n) is 9.15. The summed E-state index contributed by atoms with van der Waals surface area (Å²) in [7, 11) is 0. The average molecular weight is 283 g/mol. The van der Waals surface area contributed by atoms with Gasteiger partial charge in [0.15, 0.2) is 0 Å². The molecule has 1 saturated heterocycles. The van der Waals surface area contributed by atoms with Crippen LogP contribution in [-0.2, 0) is 0 Å². The molecular formula is C18H38N2. The Kier molecular flexibility index (Phi) is 8.79. The van der Waals surface area contributed by atoms with Crippen LogP contribution in [-0.4, -0.2) is 30.6 Å². The molecule has 0 bridgehead atoms. The van der Waals surface area contributed by atoms with Crippen molar-refractivity contribution in [2.24, 2.45) is 11.1 Å². The first kappa shape index (κ1) is 18.0. The molecule has 0 aromatic rings. The van der Waals surface area contributed by atoms with E-state index in [-0.39, 0.29) is 0 Å². The fourth-order valence-corrected chi connectivity index (χ4v) is 3.75. The van der Waals surface area contributed by atoms with Gasteiger partial charge >= 0.3 is 0 Å². The van der Waals surface area contributed by atoms with Crippen molar-refractivity contribution >= 4 is 0 Å². The van der Waals surface area contributed by atoms with Gasteiger partial charge in [-0.1, -0.05) is 65.7 Å². The number of nitrogens with zero attached hydrogens (tertiary/aromatic N) is 1. The van der Waals surface area contributed by atoms with Crippen molar-refractivity contribution in [1.29, 1.82) is 0 Å². The van der Waals surface area contributed by atoms with Gasteiger partial charge in [0.05, 0.1) is 0 Å². The van der Waals surface area contributed by atoms with Crippen molar-refractivity contribution in [2.45, 2.75) is 91.0 Å². The molecule has 0 spiro atoms. The van der Waals surface area contributed by atoms with Gasteiger partial charge in [0.2, 0.25) is 0 Å². The SMILES string of the molecule is CCCCCCCC(CN)N1CCC(CC)(CC)CC1. The lowest BCUT2D eigenvalue weighted by molar-refractivity contribution is 0.0647. The van der Waals surface area contributed by atoms with E-state index in [1.54, 1.807) is 0 Å². The predicted molar refractivity (Wildman–Crippen MR) is 90.0 cm³/mol. The van der Waals surface area contributed by atoms with E-state index in [1.165, 1.54) is 77.3 Å². The summed E-state index contributed by atoms with van der Waals surface area (Å²) in [5, 5.41) is 0. The topological polar surface area (TPSA) is 29.3 Å². The van der Waals surface area contributed by atoms with Gasteiger partial charge in [-0.2, -0.15) is 0 Å². The van der Waals surface area contributed by atoms with Crippen LogP contribution in [0.25, 0.3) is 0 Å². The van der Waals surface area contributed by atoms with Crippen molar-refractivity contribution in [2.75, 3.05) is 19.6 Å². The van der Waals surface area contributed by atoms with Crippen LogP contribution in [0.2, 0.25) is 0 Å². The third-order valence-corrected chi connectivity index (χ3v) is 5.79. The van der Waals surface area contributed by atoms with Gasteiger partial charge in [-0.3, -0.25) is 4.90 Å². The molecule has 0 aromatic heterocycles. The maximum Gasteiger partial charge on any atom is 0.0218 e. The molecule has 1 atom stereocenters. The van der Waals surface area contributed by atoms with Crippen LogP contribution in [0.1, 0.15) is 85.0 Å². The second kappa shape index (κ2) is 9.78. The van der Waals surface area contributed by atoms with Gasteiger partial charge in [-0.15, -0.1) is 0 Å². The van der Waals surface area contributed by atoms with E-state index in [2.05, 4.69) is 25.7 Å². The smallest absolute Gasteiger partial charge is 0.0218 e. The number of hydrogen-bond acceptors (Lipinski definition) is 2. The van der Waals surface area contributed by atoms with Crippen LogP contribution in [0.3, 0.4) is 0 Å². The third-order valence-electron chi connectivity index (χ3n) is 5.79. The Morgan fingerprint density at radius 1 is 0.950 bits per heavy atom. The highest BCUT2D eigenvalue weighted by atomic mass is 15.2. The molecule has 2 N–H and O–H groups in total. The van der Waals surface area contributed by atoms with Crippen LogP contribution in [0.5, 0.6) is 0 Å². The zero-order valence-electron chi connectivity index (χ0n) is 14.3. The summed E-state index contributed by atoms with van der Waals surface area (Å²) in [6.07, 6.45) is 13.7. The minimum atomic E-state index is 0.636. The lowest BCUT2D eigenvalue weighted by atomic mass is 9.74. The normalized spacial score (nSPS) is 21.0. The Morgan fingerprint density at radius 2 is 1.55 bits per heavy atom. The van der Waals surface area contributed by atoms with Crippen LogP contribution < -0.4 is 5.73 Å². The van der Waals surface area contributed by atoms with Crippen LogP contribution in [0.4, 0.5) is 0 Å². The number of likely N-dealkylation sites (tertiary alicyclic amines) is 1. The summed E-state index contributed by atoms with van der Waals surface area (Å²) in [6, 6.07) is 0.642. The molecule has 2 nitrogen and oxygen atoms in total. The maximum absolute atomic E-state index is 6.04. The Balaban J connectivity index is 2.29. The molecule has 1 rings (SSSR count). The first-order chi connectivity index (χ1) is 9.71. The van der Waals surface area contributed by atoms with E-state index in [4.69, 9.17) is 5.73 Å². The summed E-state index contributed by atoms with van der Waals surface area (Å²) >= 11 is 0. The second-order valence-corrected chi connectivity index (χ2v) is 6.84. The summed E-state index contributed by atoms with van der Waals surface area (Å²) < 4.78 is 0. The van der Waals surface area contributed by atoms with Gasteiger partial charge in [0.1, 0.15) is 0 Å². The molecule has 1 unspecified atom stereocenters. The predicted octanol–water partition coefficient (Wildman–Crippen LogP) is 4.58. The number of unbranched alkanes of at least 4 members (excludes halogenated alkanes) is 4. The molecule has 0 aromatic carbocycles. The van der Waals surface area contributed by atoms with Crippen molar-refractivity contribution in [3.8, 4) is 0 Å². The van der Waals surface area contributed by atoms with E-state index < -0.39 is 0 Å². The molecule has 1 aliphatic rings. The van der Waals surface area contributed by atoms with Crippen molar-refractivity contribution < 1.29 is 0 Å². The number of piperidine rings is 1. The van der Waals surface area contributed by atoms with E-state index >= 15 is 0 Å². The zero-order chi connectivity index (χ0) is 14.8. The fraction of sp³-hybridized carbons (Fsp3) is 1.00. The summed E-state index contributed by atoms with van der Waals surface area (Å²) in [6.45, 7) is 10.4. The van der Waals surface area contributed by atoms with Crippen molar-refractivity contribution in [3.05, 3.63) is 0 Å². The second-order valence-electron chi connectivity index (χ2n) is 6.84. The highest BCUT2D eigenvalue weighted by molar-refractivity contribution is 4.86. The number of nitrogens with two attached hydrogens (primary N) is 1. The first-order valence-corrected chi connectivity index (χ1v) is 9.15. The van der Waals surface area contributed by atoms with Crippen LogP contribution in [0, 0.1) is 5.41 Å². The molecule has 0 amide bonds. The molecule has 2 heteroatoms. The van der Waals surface area contributed by atoms with E-state index in [0.29, 0.717) is 11.5 Å². The fourth-order valence-electron chi connectivity index (χ4n) is 3.75. The largest absolute Gasteiger partial charge is 0.329 e. The van der Waals surface area contributed by atoms with Gasteiger partial charge in [-0.25, -0.2) is 0 Å². The summed E-state index contributed by atoms with van der Waals surface area (Å²) in [5.41, 5.74) is 6.67. The van der Waals surface area contributed by atoms with E-state index in [0.717, 1.165) is 6.54 Å². The zero-order valence-corrected chi connectivity index (χ0v) is 14.3. The third kappa shape index (κ3) is 5.37. The van der Waals surface area contributed by atoms with Crippen LogP contribution in [0.15, 0.2) is 0 Å². The lowest BCUT2D eigenvalue weighted by Crippen LogP contribution is -2.47. The molecular weight excluding hydrogens is 244 g/mol. The number of hydrogen-bond donors (Lipinski definition) is 1. The molecule has 1 heterocycles. The van der Waals surface area contributed by atoms with E-state index in [9.17, 15) is 0 Å². The summed E-state index contributed by atoms with van der Waals surface area (Å²) in [5.74, 6) is 0. The highest BCUT2D eigenvalue weighted by Crippen LogP contribution is 2.38. The molecule has 0 saturated carbocycles. The molecule has 0 radical (unpaired) electrons. The lowest BCUT2D eigenvalue weighted by Gasteiger charge is -2.44. The average Bonchev–Trinajstić information content (AvgIpc) is 2.51. The minimum Gasteiger partial charge on any atom is -0.329 e. The van der Waals surface area contributed by atoms with Gasteiger partial charge in [0, 0.05) is 12.6 Å². The monoisotopic (exact) mass is 282 g/mol. The Hall–Kier alpha value is -0.0800. The Morgan fingerprint density at radius 3 is 2.05 bits per heavy atom. The summed E-state index contributed by atoms with van der Waals surface area (Å²) in [4.78, 5) is 2.68. The quantitative estimate of drug-likeness (QED) is 0.594. The molecule has 1 fully saturated rings.